The fraction of sp³-hybridized carbons (Fsp3) is 0. The van der Waals surface area contributed by atoms with Gasteiger partial charge < -0.3 is 0 Å². The first-order chi connectivity index (χ1) is 8.15. The van der Waals surface area contributed by atoms with E-state index in [0.717, 1.165) is 26.6 Å². The summed E-state index contributed by atoms with van der Waals surface area (Å²) >= 11 is 18.4. The number of hydrogen-bond donors (Lipinski definition) is 0. The van der Waals surface area contributed by atoms with Crippen molar-refractivity contribution in [1.82, 2.24) is 0 Å². The fourth-order valence-corrected chi connectivity index (χ4v) is 2.82. The van der Waals surface area contributed by atoms with Crippen LogP contribution < -0.4 is 0 Å². The predicted octanol–water partition coefficient (Wildman–Crippen LogP) is 5.95. The van der Waals surface area contributed by atoms with E-state index in [4.69, 9.17) is 34.8 Å². The second-order valence-corrected chi connectivity index (χ2v) is 5.17. The molecule has 0 unspecified atom stereocenters. The van der Waals surface area contributed by atoms with Crippen molar-refractivity contribution >= 4 is 56.3 Å². The number of fused-ring (bicyclic) bond motifs is 2. The molecule has 3 rings (SSSR count). The van der Waals surface area contributed by atoms with Gasteiger partial charge in [-0.2, -0.15) is 0 Å². The van der Waals surface area contributed by atoms with Crippen LogP contribution in [0.1, 0.15) is 0 Å². The van der Waals surface area contributed by atoms with Crippen molar-refractivity contribution in [2.45, 2.75) is 0 Å². The maximum Gasteiger partial charge on any atom is 0.0499 e. The number of halogens is 3. The Kier molecular flexibility index (Phi) is 2.67. The Morgan fingerprint density at radius 2 is 1.35 bits per heavy atom. The molecule has 0 radical (unpaired) electrons. The van der Waals surface area contributed by atoms with Crippen molar-refractivity contribution < 1.29 is 0 Å². The lowest BCUT2D eigenvalue weighted by Gasteiger charge is -2.06. The van der Waals surface area contributed by atoms with Gasteiger partial charge in [-0.15, -0.1) is 0 Å². The van der Waals surface area contributed by atoms with Crippen molar-refractivity contribution in [3.05, 3.63) is 57.5 Å². The predicted molar refractivity (Wildman–Crippen MR) is 76.5 cm³/mol. The van der Waals surface area contributed by atoms with Crippen molar-refractivity contribution in [2.75, 3.05) is 0 Å². The zero-order chi connectivity index (χ0) is 12.0. The molecule has 84 valence electrons. The Morgan fingerprint density at radius 3 is 2.18 bits per heavy atom. The molecule has 0 nitrogen and oxygen atoms in total. The maximum atomic E-state index is 6.19. The normalized spacial score (nSPS) is 11.2. The number of hydrogen-bond acceptors (Lipinski definition) is 0. The van der Waals surface area contributed by atoms with Gasteiger partial charge in [-0.05, 0) is 41.1 Å². The second kappa shape index (κ2) is 4.06. The average Bonchev–Trinajstić information content (AvgIpc) is 2.28. The summed E-state index contributed by atoms with van der Waals surface area (Å²) in [5.41, 5.74) is 0. The summed E-state index contributed by atoms with van der Waals surface area (Å²) < 4.78 is 0. The van der Waals surface area contributed by atoms with Gasteiger partial charge >= 0.3 is 0 Å². The lowest BCUT2D eigenvalue weighted by molar-refractivity contribution is 1.76. The van der Waals surface area contributed by atoms with Crippen LogP contribution in [0.4, 0.5) is 0 Å². The van der Waals surface area contributed by atoms with Gasteiger partial charge in [0.25, 0.3) is 0 Å². The maximum absolute atomic E-state index is 6.19. The minimum Gasteiger partial charge on any atom is -0.0843 e. The van der Waals surface area contributed by atoms with Crippen LogP contribution in [0.2, 0.25) is 15.1 Å². The van der Waals surface area contributed by atoms with E-state index in [1.54, 1.807) is 6.07 Å². The molecule has 0 aliphatic heterocycles. The molecule has 3 heteroatoms. The van der Waals surface area contributed by atoms with Crippen LogP contribution in [0.5, 0.6) is 0 Å². The summed E-state index contributed by atoms with van der Waals surface area (Å²) in [5, 5.41) is 6.12. The Balaban J connectivity index is 2.52. The van der Waals surface area contributed by atoms with E-state index in [0.29, 0.717) is 10.0 Å². The molecule has 3 aromatic rings. The standard InChI is InChI=1S/C14H7Cl3/c15-10-4-9-6-11-8(2-1-3-13(11)16)5-12(9)14(17)7-10/h1-7H. The second-order valence-electron chi connectivity index (χ2n) is 3.92. The first kappa shape index (κ1) is 11.2. The van der Waals surface area contributed by atoms with E-state index < -0.39 is 0 Å². The molecule has 0 bridgehead atoms. The van der Waals surface area contributed by atoms with Gasteiger partial charge in [0, 0.05) is 25.8 Å². The van der Waals surface area contributed by atoms with Gasteiger partial charge in [-0.1, -0.05) is 46.9 Å². The largest absolute Gasteiger partial charge is 0.0843 e. The third kappa shape index (κ3) is 1.87. The molecule has 0 aromatic heterocycles. The highest BCUT2D eigenvalue weighted by Gasteiger charge is 2.05. The van der Waals surface area contributed by atoms with Crippen molar-refractivity contribution in [3.8, 4) is 0 Å². The minimum absolute atomic E-state index is 0.633. The molecule has 3 aromatic carbocycles. The van der Waals surface area contributed by atoms with Gasteiger partial charge in [0.15, 0.2) is 0 Å². The van der Waals surface area contributed by atoms with E-state index in [1.165, 1.54) is 0 Å². The van der Waals surface area contributed by atoms with Crippen molar-refractivity contribution in [3.63, 3.8) is 0 Å². The molecule has 0 amide bonds. The van der Waals surface area contributed by atoms with Crippen molar-refractivity contribution in [2.24, 2.45) is 0 Å². The topological polar surface area (TPSA) is 0 Å². The highest BCUT2D eigenvalue weighted by molar-refractivity contribution is 6.40. The molecule has 0 saturated carbocycles. The molecule has 0 fully saturated rings. The van der Waals surface area contributed by atoms with Gasteiger partial charge in [0.2, 0.25) is 0 Å². The van der Waals surface area contributed by atoms with E-state index >= 15 is 0 Å². The van der Waals surface area contributed by atoms with Crippen LogP contribution in [0, 0.1) is 0 Å². The molecule has 0 N–H and O–H groups in total. The molecule has 0 atom stereocenters. The van der Waals surface area contributed by atoms with Gasteiger partial charge in [-0.25, -0.2) is 0 Å². The SMILES string of the molecule is Clc1cc(Cl)c2cc3cccc(Cl)c3cc2c1. The van der Waals surface area contributed by atoms with E-state index in [2.05, 4.69) is 0 Å². The quantitative estimate of drug-likeness (QED) is 0.446. The molecule has 0 aliphatic carbocycles. The molecule has 17 heavy (non-hydrogen) atoms. The summed E-state index contributed by atoms with van der Waals surface area (Å²) in [7, 11) is 0. The molecule has 0 aliphatic rings. The minimum atomic E-state index is 0.633. The summed E-state index contributed by atoms with van der Waals surface area (Å²) in [6.45, 7) is 0. The molecule has 0 spiro atoms. The Morgan fingerprint density at radius 1 is 0.647 bits per heavy atom. The summed E-state index contributed by atoms with van der Waals surface area (Å²) in [6.07, 6.45) is 0. The van der Waals surface area contributed by atoms with Crippen molar-refractivity contribution in [1.29, 1.82) is 0 Å². The summed E-state index contributed by atoms with van der Waals surface area (Å²) in [5.74, 6) is 0. The van der Waals surface area contributed by atoms with Crippen LogP contribution in [0.3, 0.4) is 0 Å². The Bertz CT molecular complexity index is 732. The Hall–Kier alpha value is -0.950. The third-order valence-electron chi connectivity index (χ3n) is 2.81. The molecule has 0 heterocycles. The van der Waals surface area contributed by atoms with Crippen LogP contribution >= 0.6 is 34.8 Å². The Labute approximate surface area is 114 Å². The van der Waals surface area contributed by atoms with Crippen LogP contribution in [-0.2, 0) is 0 Å². The monoisotopic (exact) mass is 280 g/mol. The third-order valence-corrected chi connectivity index (χ3v) is 3.67. The van der Waals surface area contributed by atoms with Gasteiger partial charge in [0.05, 0.1) is 0 Å². The van der Waals surface area contributed by atoms with Gasteiger partial charge in [-0.3, -0.25) is 0 Å². The lowest BCUT2D eigenvalue weighted by Crippen LogP contribution is -1.79. The van der Waals surface area contributed by atoms with E-state index in [-0.39, 0.29) is 0 Å². The molecule has 0 saturated heterocycles. The smallest absolute Gasteiger partial charge is 0.0499 e. The highest BCUT2D eigenvalue weighted by atomic mass is 35.5. The zero-order valence-corrected chi connectivity index (χ0v) is 10.9. The molecular formula is C14H7Cl3. The van der Waals surface area contributed by atoms with Gasteiger partial charge in [0.1, 0.15) is 0 Å². The van der Waals surface area contributed by atoms with E-state index in [1.807, 2.05) is 36.4 Å². The fourth-order valence-electron chi connectivity index (χ4n) is 2.02. The van der Waals surface area contributed by atoms with Crippen LogP contribution in [0.15, 0.2) is 42.5 Å². The zero-order valence-electron chi connectivity index (χ0n) is 8.68. The van der Waals surface area contributed by atoms with E-state index in [9.17, 15) is 0 Å². The highest BCUT2D eigenvalue weighted by Crippen LogP contribution is 2.33. The van der Waals surface area contributed by atoms with Crippen LogP contribution in [0.25, 0.3) is 21.5 Å². The summed E-state index contributed by atoms with van der Waals surface area (Å²) in [4.78, 5) is 0. The number of rotatable bonds is 0. The first-order valence-corrected chi connectivity index (χ1v) is 6.25. The van der Waals surface area contributed by atoms with Crippen LogP contribution in [-0.4, -0.2) is 0 Å². The number of benzene rings is 3. The average molecular weight is 282 g/mol. The summed E-state index contributed by atoms with van der Waals surface area (Å²) in [6, 6.07) is 13.5. The lowest BCUT2D eigenvalue weighted by atomic mass is 10.0. The molecular weight excluding hydrogens is 275 g/mol. The first-order valence-electron chi connectivity index (χ1n) is 5.12.